The molecule has 1 aromatic carbocycles. The minimum atomic E-state index is -0.583. The van der Waals surface area contributed by atoms with Gasteiger partial charge in [0.25, 0.3) is 11.8 Å². The molecule has 1 aliphatic heterocycles. The van der Waals surface area contributed by atoms with E-state index in [0.29, 0.717) is 42.6 Å². The van der Waals surface area contributed by atoms with Crippen molar-refractivity contribution in [3.05, 3.63) is 64.2 Å². The lowest BCUT2D eigenvalue weighted by atomic mass is 10.2. The van der Waals surface area contributed by atoms with Crippen molar-refractivity contribution < 1.29 is 14.0 Å². The SMILES string of the molecule is N#C/C(=C/N1CCN(C(=O)c2ccco2)CC1)C(=O)Nc1cccc(Cl)c1Cl. The third-order valence-electron chi connectivity index (χ3n) is 4.21. The number of nitriles is 1. The van der Waals surface area contributed by atoms with E-state index in [1.165, 1.54) is 12.5 Å². The van der Waals surface area contributed by atoms with Crippen LogP contribution in [0.15, 0.2) is 52.8 Å². The molecule has 0 unspecified atom stereocenters. The van der Waals surface area contributed by atoms with Crippen LogP contribution < -0.4 is 5.32 Å². The largest absolute Gasteiger partial charge is 0.459 e. The molecule has 1 fully saturated rings. The van der Waals surface area contributed by atoms with E-state index in [0.717, 1.165) is 0 Å². The van der Waals surface area contributed by atoms with E-state index in [4.69, 9.17) is 27.6 Å². The first-order valence-corrected chi connectivity index (χ1v) is 9.19. The Labute approximate surface area is 171 Å². The van der Waals surface area contributed by atoms with Crippen LogP contribution in [0.25, 0.3) is 0 Å². The summed E-state index contributed by atoms with van der Waals surface area (Å²) >= 11 is 12.0. The van der Waals surface area contributed by atoms with Gasteiger partial charge in [0.15, 0.2) is 5.76 Å². The zero-order valence-corrected chi connectivity index (χ0v) is 16.2. The number of hydrogen-bond acceptors (Lipinski definition) is 5. The fraction of sp³-hybridized carbons (Fsp3) is 0.211. The van der Waals surface area contributed by atoms with E-state index in [1.807, 2.05) is 11.0 Å². The second kappa shape index (κ2) is 8.83. The summed E-state index contributed by atoms with van der Waals surface area (Å²) in [5.74, 6) is -0.470. The van der Waals surface area contributed by atoms with Gasteiger partial charge >= 0.3 is 0 Å². The first-order valence-electron chi connectivity index (χ1n) is 8.43. The lowest BCUT2D eigenvalue weighted by Gasteiger charge is -2.33. The number of nitrogens with zero attached hydrogens (tertiary/aromatic N) is 3. The highest BCUT2D eigenvalue weighted by molar-refractivity contribution is 6.44. The molecule has 0 atom stereocenters. The fourth-order valence-electron chi connectivity index (χ4n) is 2.72. The summed E-state index contributed by atoms with van der Waals surface area (Å²) in [6, 6.07) is 10.0. The average molecular weight is 419 g/mol. The third kappa shape index (κ3) is 4.47. The summed E-state index contributed by atoms with van der Waals surface area (Å²) in [4.78, 5) is 28.2. The van der Waals surface area contributed by atoms with Crippen LogP contribution in [0.5, 0.6) is 0 Å². The van der Waals surface area contributed by atoms with Crippen LogP contribution >= 0.6 is 23.2 Å². The van der Waals surface area contributed by atoms with Gasteiger partial charge in [-0.05, 0) is 24.3 Å². The predicted octanol–water partition coefficient (Wildman–Crippen LogP) is 3.39. The Kier molecular flexibility index (Phi) is 6.24. The number of carbonyl (C=O) groups excluding carboxylic acids is 2. The first-order chi connectivity index (χ1) is 13.5. The predicted molar refractivity (Wildman–Crippen MR) is 105 cm³/mol. The minimum absolute atomic E-state index is 0.0677. The number of piperazine rings is 1. The molecule has 2 amide bonds. The van der Waals surface area contributed by atoms with E-state index in [2.05, 4.69) is 5.32 Å². The fourth-order valence-corrected chi connectivity index (χ4v) is 3.07. The highest BCUT2D eigenvalue weighted by Crippen LogP contribution is 2.29. The summed E-state index contributed by atoms with van der Waals surface area (Å²) in [7, 11) is 0. The molecule has 0 radical (unpaired) electrons. The Morgan fingerprint density at radius 3 is 2.54 bits per heavy atom. The molecule has 2 heterocycles. The highest BCUT2D eigenvalue weighted by Gasteiger charge is 2.23. The van der Waals surface area contributed by atoms with E-state index < -0.39 is 5.91 Å². The van der Waals surface area contributed by atoms with Crippen molar-refractivity contribution in [2.45, 2.75) is 0 Å². The second-order valence-corrected chi connectivity index (χ2v) is 6.80. The van der Waals surface area contributed by atoms with Crippen LogP contribution in [0, 0.1) is 11.3 Å². The molecule has 3 rings (SSSR count). The van der Waals surface area contributed by atoms with Gasteiger partial charge in [-0.15, -0.1) is 0 Å². The van der Waals surface area contributed by atoms with Gasteiger partial charge in [0.1, 0.15) is 11.6 Å². The lowest BCUT2D eigenvalue weighted by Crippen LogP contribution is -2.47. The standard InChI is InChI=1S/C19H16Cl2N4O3/c20-14-3-1-4-15(17(14)21)23-18(26)13(11-22)12-24-6-8-25(9-7-24)19(27)16-5-2-10-28-16/h1-5,10,12H,6-9H2,(H,23,26)/b13-12-. The Morgan fingerprint density at radius 1 is 1.14 bits per heavy atom. The molecule has 28 heavy (non-hydrogen) atoms. The molecule has 9 heteroatoms. The Morgan fingerprint density at radius 2 is 1.89 bits per heavy atom. The second-order valence-electron chi connectivity index (χ2n) is 6.02. The summed E-state index contributed by atoms with van der Waals surface area (Å²) in [5, 5.41) is 12.5. The van der Waals surface area contributed by atoms with Crippen LogP contribution in [0.3, 0.4) is 0 Å². The van der Waals surface area contributed by atoms with Crippen LogP contribution in [0.2, 0.25) is 10.0 Å². The van der Waals surface area contributed by atoms with Crippen molar-refractivity contribution in [3.8, 4) is 6.07 Å². The van der Waals surface area contributed by atoms with Gasteiger partial charge in [-0.1, -0.05) is 29.3 Å². The molecular weight excluding hydrogens is 403 g/mol. The smallest absolute Gasteiger partial charge is 0.289 e. The normalized spacial score (nSPS) is 14.5. The van der Waals surface area contributed by atoms with Crippen molar-refractivity contribution in [2.24, 2.45) is 0 Å². The average Bonchev–Trinajstić information content (AvgIpc) is 3.24. The van der Waals surface area contributed by atoms with Gasteiger partial charge in [0.2, 0.25) is 0 Å². The summed E-state index contributed by atoms with van der Waals surface area (Å²) in [6.07, 6.45) is 2.94. The number of amides is 2. The van der Waals surface area contributed by atoms with Crippen LogP contribution in [0.1, 0.15) is 10.6 Å². The number of rotatable bonds is 4. The number of carbonyl (C=O) groups is 2. The molecule has 2 aromatic rings. The summed E-state index contributed by atoms with van der Waals surface area (Å²) < 4.78 is 5.13. The number of nitrogens with one attached hydrogen (secondary N) is 1. The van der Waals surface area contributed by atoms with Gasteiger partial charge in [-0.3, -0.25) is 9.59 Å². The van der Waals surface area contributed by atoms with E-state index in [1.54, 1.807) is 35.2 Å². The number of hydrogen-bond donors (Lipinski definition) is 1. The van der Waals surface area contributed by atoms with Crippen LogP contribution in [-0.4, -0.2) is 47.8 Å². The summed E-state index contributed by atoms with van der Waals surface area (Å²) in [6.45, 7) is 1.89. The lowest BCUT2D eigenvalue weighted by molar-refractivity contribution is -0.112. The quantitative estimate of drug-likeness (QED) is 0.606. The van der Waals surface area contributed by atoms with Crippen molar-refractivity contribution >= 4 is 40.7 Å². The molecule has 0 saturated carbocycles. The topological polar surface area (TPSA) is 89.6 Å². The molecule has 1 saturated heterocycles. The number of benzene rings is 1. The molecule has 1 N–H and O–H groups in total. The molecule has 1 aliphatic rings. The molecule has 0 spiro atoms. The maximum absolute atomic E-state index is 12.4. The van der Waals surface area contributed by atoms with Crippen molar-refractivity contribution in [1.82, 2.24) is 9.80 Å². The van der Waals surface area contributed by atoms with Crippen molar-refractivity contribution in [1.29, 1.82) is 5.26 Å². The monoisotopic (exact) mass is 418 g/mol. The Hall–Kier alpha value is -2.95. The maximum Gasteiger partial charge on any atom is 0.289 e. The zero-order chi connectivity index (χ0) is 20.1. The molecule has 144 valence electrons. The maximum atomic E-state index is 12.4. The highest BCUT2D eigenvalue weighted by atomic mass is 35.5. The van der Waals surface area contributed by atoms with Gasteiger partial charge in [-0.2, -0.15) is 5.26 Å². The Bertz CT molecular complexity index is 943. The zero-order valence-electron chi connectivity index (χ0n) is 14.7. The van der Waals surface area contributed by atoms with Crippen molar-refractivity contribution in [3.63, 3.8) is 0 Å². The number of anilines is 1. The third-order valence-corrected chi connectivity index (χ3v) is 5.03. The van der Waals surface area contributed by atoms with Gasteiger partial charge < -0.3 is 19.5 Å². The molecule has 1 aromatic heterocycles. The van der Waals surface area contributed by atoms with Crippen LogP contribution in [0.4, 0.5) is 5.69 Å². The van der Waals surface area contributed by atoms with E-state index >= 15 is 0 Å². The minimum Gasteiger partial charge on any atom is -0.459 e. The number of halogens is 2. The number of furan rings is 1. The molecular formula is C19H16Cl2N4O3. The molecule has 7 nitrogen and oxygen atoms in total. The first kappa shape index (κ1) is 19.8. The van der Waals surface area contributed by atoms with Crippen LogP contribution in [-0.2, 0) is 4.79 Å². The van der Waals surface area contributed by atoms with Gasteiger partial charge in [0, 0.05) is 32.4 Å². The van der Waals surface area contributed by atoms with Crippen molar-refractivity contribution in [2.75, 3.05) is 31.5 Å². The van der Waals surface area contributed by atoms with Gasteiger partial charge in [0.05, 0.1) is 22.0 Å². The molecule has 0 aliphatic carbocycles. The van der Waals surface area contributed by atoms with Gasteiger partial charge in [-0.25, -0.2) is 0 Å². The summed E-state index contributed by atoms with van der Waals surface area (Å²) in [5.41, 5.74) is 0.260. The Balaban J connectivity index is 1.62. The van der Waals surface area contributed by atoms with E-state index in [-0.39, 0.29) is 16.5 Å². The van der Waals surface area contributed by atoms with E-state index in [9.17, 15) is 14.9 Å². The molecule has 0 bridgehead atoms.